The van der Waals surface area contributed by atoms with Crippen LogP contribution in [-0.4, -0.2) is 36.2 Å². The van der Waals surface area contributed by atoms with Crippen molar-refractivity contribution in [2.45, 2.75) is 13.8 Å². The van der Waals surface area contributed by atoms with Crippen molar-refractivity contribution >= 4 is 7.12 Å². The molecule has 0 aliphatic carbocycles. The zero-order chi connectivity index (χ0) is 28.5. The van der Waals surface area contributed by atoms with Gasteiger partial charge >= 0.3 is 0 Å². The fourth-order valence-corrected chi connectivity index (χ4v) is 5.48. The smallest absolute Gasteiger partial charge is 0.262 e. The molecule has 0 atom stereocenters. The fraction of sp³-hybridized carbons (Fsp3) is 0.0571. The number of benzene rings is 4. The molecular weight excluding hydrogens is 515 g/mol. The van der Waals surface area contributed by atoms with Crippen molar-refractivity contribution in [3.05, 3.63) is 151 Å². The van der Waals surface area contributed by atoms with E-state index < -0.39 is 7.12 Å². The predicted octanol–water partition coefficient (Wildman–Crippen LogP) is 7.49. The number of nitrogens with zero attached hydrogens (tertiary/aromatic N) is 6. The van der Waals surface area contributed by atoms with Gasteiger partial charge in [-0.2, -0.15) is 0 Å². The van der Waals surface area contributed by atoms with Crippen LogP contribution >= 0.6 is 0 Å². The Hall–Kier alpha value is -5.43. The average Bonchev–Trinajstić information content (AvgIpc) is 3.77. The summed E-state index contributed by atoms with van der Waals surface area (Å²) in [5.41, 5.74) is 9.91. The Kier molecular flexibility index (Phi) is 6.60. The van der Waals surface area contributed by atoms with Gasteiger partial charge < -0.3 is 13.8 Å². The van der Waals surface area contributed by atoms with Crippen LogP contribution in [0.4, 0.5) is 0 Å². The Balaban J connectivity index is 1.53. The number of rotatable bonds is 7. The van der Waals surface area contributed by atoms with Crippen molar-refractivity contribution < 1.29 is 0 Å². The molecule has 0 spiro atoms. The zero-order valence-electron chi connectivity index (χ0n) is 23.5. The largest absolute Gasteiger partial charge is 0.422 e. The lowest BCUT2D eigenvalue weighted by Gasteiger charge is -2.34. The fourth-order valence-electron chi connectivity index (χ4n) is 5.48. The van der Waals surface area contributed by atoms with Crippen molar-refractivity contribution in [3.8, 4) is 45.0 Å². The van der Waals surface area contributed by atoms with E-state index in [2.05, 4.69) is 107 Å². The van der Waals surface area contributed by atoms with Crippen LogP contribution in [0.1, 0.15) is 11.4 Å². The average molecular weight is 544 g/mol. The molecule has 0 amide bonds. The maximum Gasteiger partial charge on any atom is 0.262 e. The van der Waals surface area contributed by atoms with Crippen LogP contribution in [-0.2, 0) is 0 Å². The minimum atomic E-state index is -0.515. The highest BCUT2D eigenvalue weighted by molar-refractivity contribution is 6.54. The van der Waals surface area contributed by atoms with Gasteiger partial charge in [-0.1, -0.05) is 121 Å². The third kappa shape index (κ3) is 4.75. The molecule has 0 bridgehead atoms. The molecule has 0 N–H and O–H groups in total. The van der Waals surface area contributed by atoms with Gasteiger partial charge in [0.25, 0.3) is 7.12 Å². The van der Waals surface area contributed by atoms with E-state index in [0.717, 1.165) is 56.4 Å². The molecule has 3 aromatic heterocycles. The molecule has 3 heterocycles. The Bertz CT molecular complexity index is 1820. The number of aryl methyl sites for hydroxylation is 2. The predicted molar refractivity (Wildman–Crippen MR) is 170 cm³/mol. The van der Waals surface area contributed by atoms with Gasteiger partial charge in [0.15, 0.2) is 0 Å². The van der Waals surface area contributed by atoms with Gasteiger partial charge in [0.2, 0.25) is 0 Å². The summed E-state index contributed by atoms with van der Waals surface area (Å²) in [4.78, 5) is 0. The molecule has 203 valence electrons. The number of hydrogen-bond donors (Lipinski definition) is 0. The Morgan fingerprint density at radius 3 is 1.17 bits per heavy atom. The van der Waals surface area contributed by atoms with Crippen molar-refractivity contribution in [3.63, 3.8) is 0 Å². The minimum Gasteiger partial charge on any atom is -0.422 e. The Morgan fingerprint density at radius 2 is 0.810 bits per heavy atom. The van der Waals surface area contributed by atoms with E-state index >= 15 is 0 Å². The third-order valence-electron chi connectivity index (χ3n) is 7.45. The third-order valence-corrected chi connectivity index (χ3v) is 7.45. The molecule has 0 aliphatic rings. The van der Waals surface area contributed by atoms with E-state index in [9.17, 15) is 0 Å². The van der Waals surface area contributed by atoms with Crippen LogP contribution in [0.3, 0.4) is 0 Å². The molecule has 7 rings (SSSR count). The molecular formula is C35H29BN6-. The van der Waals surface area contributed by atoms with Gasteiger partial charge in [0.05, 0.1) is 17.1 Å². The van der Waals surface area contributed by atoms with Crippen LogP contribution < -0.4 is 0 Å². The van der Waals surface area contributed by atoms with E-state index in [1.165, 1.54) is 0 Å². The summed E-state index contributed by atoms with van der Waals surface area (Å²) in [6, 6.07) is 47.8. The SMILES string of the molecule is Cc1cc(C)n([B-](n2nc(-c3ccccc3)cc2-c2ccccc2)n2nc(-c3ccccc3)cc2-c2ccccc2)n1. The quantitative estimate of drug-likeness (QED) is 0.195. The number of aromatic nitrogens is 6. The first-order chi connectivity index (χ1) is 20.7. The molecule has 7 heteroatoms. The Morgan fingerprint density at radius 1 is 0.429 bits per heavy atom. The molecule has 0 saturated carbocycles. The highest BCUT2D eigenvalue weighted by Gasteiger charge is 2.22. The topological polar surface area (TPSA) is 53.5 Å². The molecule has 0 aliphatic heterocycles. The van der Waals surface area contributed by atoms with Crippen molar-refractivity contribution in [2.24, 2.45) is 0 Å². The molecule has 42 heavy (non-hydrogen) atoms. The van der Waals surface area contributed by atoms with Gasteiger partial charge in [0.1, 0.15) is 0 Å². The normalized spacial score (nSPS) is 11.3. The van der Waals surface area contributed by atoms with Gasteiger partial charge in [-0.25, -0.2) is 15.3 Å². The van der Waals surface area contributed by atoms with E-state index in [-0.39, 0.29) is 0 Å². The van der Waals surface area contributed by atoms with E-state index in [4.69, 9.17) is 15.3 Å². The van der Waals surface area contributed by atoms with Gasteiger partial charge in [-0.3, -0.25) is 0 Å². The van der Waals surface area contributed by atoms with E-state index in [1.54, 1.807) is 0 Å². The summed E-state index contributed by atoms with van der Waals surface area (Å²) in [6.45, 7) is 4.11. The van der Waals surface area contributed by atoms with Crippen molar-refractivity contribution in [1.29, 1.82) is 0 Å². The second kappa shape index (κ2) is 10.9. The molecule has 0 saturated heterocycles. The summed E-state index contributed by atoms with van der Waals surface area (Å²) in [7, 11) is -0.515. The van der Waals surface area contributed by atoms with Crippen molar-refractivity contribution in [1.82, 2.24) is 29.1 Å². The maximum atomic E-state index is 5.27. The summed E-state index contributed by atoms with van der Waals surface area (Å²) >= 11 is 0. The highest BCUT2D eigenvalue weighted by Crippen LogP contribution is 2.31. The van der Waals surface area contributed by atoms with Crippen LogP contribution in [0.2, 0.25) is 0 Å². The lowest BCUT2D eigenvalue weighted by molar-refractivity contribution is 0.763. The molecule has 6 nitrogen and oxygen atoms in total. The van der Waals surface area contributed by atoms with E-state index in [0.29, 0.717) is 0 Å². The van der Waals surface area contributed by atoms with Crippen LogP contribution in [0.5, 0.6) is 0 Å². The monoisotopic (exact) mass is 544 g/mol. The molecule has 1 radical (unpaired) electrons. The van der Waals surface area contributed by atoms with Gasteiger partial charge in [0, 0.05) is 22.5 Å². The van der Waals surface area contributed by atoms with E-state index in [1.807, 2.05) is 60.0 Å². The first-order valence-electron chi connectivity index (χ1n) is 14.1. The Labute approximate surface area is 245 Å². The molecule has 7 aromatic rings. The van der Waals surface area contributed by atoms with Crippen LogP contribution in [0.15, 0.2) is 140 Å². The van der Waals surface area contributed by atoms with Crippen LogP contribution in [0.25, 0.3) is 45.0 Å². The lowest BCUT2D eigenvalue weighted by Crippen LogP contribution is -2.45. The zero-order valence-corrected chi connectivity index (χ0v) is 23.5. The minimum absolute atomic E-state index is 0.515. The van der Waals surface area contributed by atoms with Gasteiger partial charge in [-0.15, -0.1) is 0 Å². The standard InChI is InChI=1S/C35H29BN6/c1-26-23-27(2)40(37-26)36(41-34(30-19-11-5-12-20-30)24-32(38-41)28-15-7-3-8-16-28)42-35(31-21-13-6-14-22-31)25-33(39-42)29-17-9-4-10-18-29/h3-25H,1-2H3/q-1. The van der Waals surface area contributed by atoms with Crippen molar-refractivity contribution in [2.75, 3.05) is 0 Å². The number of hydrogen-bond acceptors (Lipinski definition) is 3. The first kappa shape index (κ1) is 25.5. The van der Waals surface area contributed by atoms with Gasteiger partial charge in [-0.05, 0) is 48.9 Å². The summed E-state index contributed by atoms with van der Waals surface area (Å²) in [5.74, 6) is 0. The second-order valence-corrected chi connectivity index (χ2v) is 10.4. The summed E-state index contributed by atoms with van der Waals surface area (Å²) in [5, 5.41) is 15.5. The van der Waals surface area contributed by atoms with Crippen LogP contribution in [0, 0.1) is 13.8 Å². The maximum absolute atomic E-state index is 5.27. The molecule has 0 unspecified atom stereocenters. The highest BCUT2D eigenvalue weighted by atomic mass is 15.5. The molecule has 0 fully saturated rings. The summed E-state index contributed by atoms with van der Waals surface area (Å²) in [6.07, 6.45) is 0. The second-order valence-electron chi connectivity index (χ2n) is 10.4. The lowest BCUT2D eigenvalue weighted by atomic mass is 9.91. The molecule has 4 aromatic carbocycles. The summed E-state index contributed by atoms with van der Waals surface area (Å²) < 4.78 is 6.15. The first-order valence-corrected chi connectivity index (χ1v) is 14.1.